The average Bonchev–Trinajstić information content (AvgIpc) is 2.38. The van der Waals surface area contributed by atoms with Crippen molar-refractivity contribution < 1.29 is 14.3 Å². The highest BCUT2D eigenvalue weighted by Gasteiger charge is 2.27. The summed E-state index contributed by atoms with van der Waals surface area (Å²) in [6.45, 7) is 3.59. The summed E-state index contributed by atoms with van der Waals surface area (Å²) in [6, 6.07) is 1.41. The van der Waals surface area contributed by atoms with Gasteiger partial charge in [-0.2, -0.15) is 0 Å². The second-order valence-electron chi connectivity index (χ2n) is 4.77. The molecule has 1 rings (SSSR count). The Morgan fingerprint density at radius 2 is 2.00 bits per heavy atom. The van der Waals surface area contributed by atoms with Gasteiger partial charge in [-0.15, -0.1) is 24.8 Å². The van der Waals surface area contributed by atoms with Gasteiger partial charge < -0.3 is 21.5 Å². The van der Waals surface area contributed by atoms with Crippen LogP contribution in [-0.2, 0) is 4.79 Å². The zero-order valence-corrected chi connectivity index (χ0v) is 14.3. The van der Waals surface area contributed by atoms with Crippen LogP contribution in [0.15, 0.2) is 12.3 Å². The summed E-state index contributed by atoms with van der Waals surface area (Å²) in [7, 11) is 1.38. The predicted octanol–water partition coefficient (Wildman–Crippen LogP) is 1.49. The molecule has 1 atom stereocenters. The summed E-state index contributed by atoms with van der Waals surface area (Å²) in [5.74, 6) is -0.921. The largest absolute Gasteiger partial charge is 0.480 e. The molecule has 7 nitrogen and oxygen atoms in total. The lowest BCUT2D eigenvalue weighted by atomic mass is 9.96. The lowest BCUT2D eigenvalue weighted by Crippen LogP contribution is -2.48. The summed E-state index contributed by atoms with van der Waals surface area (Å²) < 4.78 is 4.92. The van der Waals surface area contributed by atoms with Crippen LogP contribution in [-0.4, -0.2) is 29.4 Å². The zero-order valence-electron chi connectivity index (χ0n) is 12.7. The topological polar surface area (TPSA) is 120 Å². The van der Waals surface area contributed by atoms with Crippen LogP contribution in [0.25, 0.3) is 0 Å². The highest BCUT2D eigenvalue weighted by atomic mass is 35.5. The zero-order chi connectivity index (χ0) is 15.3. The van der Waals surface area contributed by atoms with Gasteiger partial charge >= 0.3 is 0 Å². The highest BCUT2D eigenvalue weighted by Crippen LogP contribution is 2.20. The molecule has 126 valence electrons. The van der Waals surface area contributed by atoms with Gasteiger partial charge in [-0.1, -0.05) is 13.3 Å². The van der Waals surface area contributed by atoms with E-state index < -0.39 is 11.4 Å². The number of nitrogens with two attached hydrogens (primary N) is 2. The van der Waals surface area contributed by atoms with E-state index in [9.17, 15) is 9.59 Å². The molecule has 1 aromatic heterocycles. The van der Waals surface area contributed by atoms with Crippen molar-refractivity contribution >= 4 is 42.3 Å². The summed E-state index contributed by atoms with van der Waals surface area (Å²) in [5, 5.41) is 2.62. The Morgan fingerprint density at radius 3 is 2.45 bits per heavy atom. The van der Waals surface area contributed by atoms with Crippen LogP contribution in [0.5, 0.6) is 5.88 Å². The van der Waals surface area contributed by atoms with Gasteiger partial charge in [0.1, 0.15) is 5.56 Å². The summed E-state index contributed by atoms with van der Waals surface area (Å²) in [6.07, 6.45) is 2.71. The number of ether oxygens (including phenoxy) is 1. The van der Waals surface area contributed by atoms with Gasteiger partial charge in [-0.3, -0.25) is 9.59 Å². The van der Waals surface area contributed by atoms with E-state index in [1.165, 1.54) is 19.4 Å². The molecule has 1 heterocycles. The quantitative estimate of drug-likeness (QED) is 0.716. The Balaban J connectivity index is 0. The van der Waals surface area contributed by atoms with Gasteiger partial charge in [0.2, 0.25) is 11.8 Å². The molecule has 0 saturated carbocycles. The number of methoxy groups -OCH3 is 1. The number of halogens is 2. The van der Waals surface area contributed by atoms with Gasteiger partial charge in [0.25, 0.3) is 5.91 Å². The van der Waals surface area contributed by atoms with Gasteiger partial charge in [0.15, 0.2) is 0 Å². The molecule has 22 heavy (non-hydrogen) atoms. The second kappa shape index (κ2) is 9.45. The fraction of sp³-hybridized carbons (Fsp3) is 0.462. The van der Waals surface area contributed by atoms with Crippen LogP contribution in [0.1, 0.15) is 37.0 Å². The average molecular weight is 353 g/mol. The Labute approximate surface area is 142 Å². The highest BCUT2D eigenvalue weighted by molar-refractivity contribution is 6.00. The van der Waals surface area contributed by atoms with Crippen molar-refractivity contribution in [3.8, 4) is 5.88 Å². The minimum atomic E-state index is -0.985. The van der Waals surface area contributed by atoms with Crippen LogP contribution in [0.3, 0.4) is 0 Å². The molecule has 1 aromatic rings. The van der Waals surface area contributed by atoms with Crippen LogP contribution in [0.4, 0.5) is 5.69 Å². The number of aromatic nitrogens is 1. The number of rotatable bonds is 6. The predicted molar refractivity (Wildman–Crippen MR) is 89.9 cm³/mol. The number of nitrogens with one attached hydrogen (secondary N) is 1. The van der Waals surface area contributed by atoms with E-state index in [0.717, 1.165) is 6.42 Å². The van der Waals surface area contributed by atoms with Gasteiger partial charge in [-0.05, 0) is 19.4 Å². The number of primary amides is 1. The van der Waals surface area contributed by atoms with E-state index in [1.807, 2.05) is 6.92 Å². The number of pyridine rings is 1. The number of nitrogens with zero attached hydrogens (tertiary/aromatic N) is 1. The third-order valence-corrected chi connectivity index (χ3v) is 2.86. The fourth-order valence-corrected chi connectivity index (χ4v) is 1.77. The Kier molecular flexibility index (Phi) is 9.75. The first-order valence-electron chi connectivity index (χ1n) is 6.26. The summed E-state index contributed by atoms with van der Waals surface area (Å²) >= 11 is 0. The first kappa shape index (κ1) is 22.7. The van der Waals surface area contributed by atoms with Crippen molar-refractivity contribution in [1.82, 2.24) is 4.98 Å². The van der Waals surface area contributed by atoms with Crippen molar-refractivity contribution in [2.75, 3.05) is 12.4 Å². The van der Waals surface area contributed by atoms with E-state index in [-0.39, 0.29) is 42.2 Å². The van der Waals surface area contributed by atoms with Gasteiger partial charge in [-0.25, -0.2) is 4.98 Å². The first-order chi connectivity index (χ1) is 9.31. The molecule has 2 amide bonds. The smallest absolute Gasteiger partial charge is 0.254 e. The Bertz CT molecular complexity index is 524. The molecular formula is C13H22Cl2N4O3. The molecule has 0 radical (unpaired) electrons. The lowest BCUT2D eigenvalue weighted by molar-refractivity contribution is -0.120. The summed E-state index contributed by atoms with van der Waals surface area (Å²) in [4.78, 5) is 27.3. The molecule has 0 saturated heterocycles. The molecule has 5 N–H and O–H groups in total. The molecule has 0 aliphatic carbocycles. The maximum absolute atomic E-state index is 12.0. The third-order valence-electron chi connectivity index (χ3n) is 2.86. The van der Waals surface area contributed by atoms with Crippen LogP contribution in [0, 0.1) is 0 Å². The Morgan fingerprint density at radius 1 is 1.41 bits per heavy atom. The number of anilines is 1. The molecule has 0 bridgehead atoms. The minimum Gasteiger partial charge on any atom is -0.480 e. The van der Waals surface area contributed by atoms with E-state index in [2.05, 4.69) is 10.3 Å². The number of hydrogen-bond donors (Lipinski definition) is 3. The van der Waals surface area contributed by atoms with Crippen molar-refractivity contribution in [3.05, 3.63) is 17.8 Å². The van der Waals surface area contributed by atoms with E-state index in [0.29, 0.717) is 12.1 Å². The molecule has 0 spiro atoms. The van der Waals surface area contributed by atoms with Gasteiger partial charge in [0.05, 0.1) is 24.5 Å². The fourth-order valence-electron chi connectivity index (χ4n) is 1.77. The third kappa shape index (κ3) is 5.67. The lowest BCUT2D eigenvalue weighted by Gasteiger charge is -2.22. The number of carbonyl (C=O) groups excluding carboxylic acids is 2. The molecular weight excluding hydrogens is 331 g/mol. The molecule has 9 heteroatoms. The molecule has 0 aromatic carbocycles. The minimum absolute atomic E-state index is 0. The standard InChI is InChI=1S/C13H20N4O3.2ClH/c1-4-5-13(2,15)12(19)17-8-6-9(10(14)18)11(20-3)16-7-8;;/h6-7H,4-5,15H2,1-3H3,(H2,14,18)(H,17,19);2*1H. The normalized spacial score (nSPS) is 12.2. The van der Waals surface area contributed by atoms with E-state index in [4.69, 9.17) is 16.2 Å². The molecule has 0 fully saturated rings. The van der Waals surface area contributed by atoms with Crippen LogP contribution < -0.4 is 21.5 Å². The van der Waals surface area contributed by atoms with E-state index >= 15 is 0 Å². The Hall–Kier alpha value is -1.57. The number of hydrogen-bond acceptors (Lipinski definition) is 5. The van der Waals surface area contributed by atoms with Crippen molar-refractivity contribution in [3.63, 3.8) is 0 Å². The molecule has 1 unspecified atom stereocenters. The van der Waals surface area contributed by atoms with E-state index in [1.54, 1.807) is 6.92 Å². The molecule has 0 aliphatic rings. The van der Waals surface area contributed by atoms with Gasteiger partial charge in [0, 0.05) is 0 Å². The molecule has 0 aliphatic heterocycles. The number of carbonyl (C=O) groups is 2. The maximum Gasteiger partial charge on any atom is 0.254 e. The van der Waals surface area contributed by atoms with Crippen LogP contribution in [0.2, 0.25) is 0 Å². The second-order valence-corrected chi connectivity index (χ2v) is 4.77. The number of amides is 2. The monoisotopic (exact) mass is 352 g/mol. The first-order valence-corrected chi connectivity index (χ1v) is 6.26. The SMILES string of the molecule is CCCC(C)(N)C(=O)Nc1cnc(OC)c(C(N)=O)c1.Cl.Cl. The van der Waals surface area contributed by atoms with Crippen molar-refractivity contribution in [2.45, 2.75) is 32.2 Å². The van der Waals surface area contributed by atoms with Crippen molar-refractivity contribution in [2.24, 2.45) is 11.5 Å². The maximum atomic E-state index is 12.0. The summed E-state index contributed by atoms with van der Waals surface area (Å²) in [5.41, 5.74) is 10.6. The van der Waals surface area contributed by atoms with Crippen molar-refractivity contribution in [1.29, 1.82) is 0 Å². The van der Waals surface area contributed by atoms with Crippen LogP contribution >= 0.6 is 24.8 Å².